The van der Waals surface area contributed by atoms with Gasteiger partial charge in [-0.15, -0.1) is 0 Å². The topological polar surface area (TPSA) is 134 Å². The highest BCUT2D eigenvalue weighted by molar-refractivity contribution is 7.89. The minimum Gasteiger partial charge on any atom is -0.431 e. The minimum atomic E-state index is -3.27. The molecule has 158 valence electrons. The molecule has 0 radical (unpaired) electrons. The molecule has 1 fully saturated rings. The summed E-state index contributed by atoms with van der Waals surface area (Å²) in [5, 5.41) is 5.91. The number of nitrogens with zero attached hydrogens (tertiary/aromatic N) is 3. The first-order valence-electron chi connectivity index (χ1n) is 8.99. The van der Waals surface area contributed by atoms with Crippen LogP contribution in [-0.2, 0) is 10.0 Å². The summed E-state index contributed by atoms with van der Waals surface area (Å²) in [6, 6.07) is 5.16. The van der Waals surface area contributed by atoms with Crippen molar-refractivity contribution in [1.82, 2.24) is 14.6 Å². The van der Waals surface area contributed by atoms with Gasteiger partial charge in [0.05, 0.1) is 16.5 Å². The van der Waals surface area contributed by atoms with Crippen LogP contribution >= 0.6 is 11.6 Å². The van der Waals surface area contributed by atoms with E-state index in [1.165, 1.54) is 4.31 Å². The molecule has 12 heteroatoms. The van der Waals surface area contributed by atoms with Gasteiger partial charge < -0.3 is 25.7 Å². The number of piperazine rings is 1. The third-order valence-electron chi connectivity index (χ3n) is 4.56. The zero-order valence-electron chi connectivity index (χ0n) is 15.9. The van der Waals surface area contributed by atoms with E-state index in [1.54, 1.807) is 19.2 Å². The Bertz CT molecular complexity index is 972. The molecule has 1 saturated heterocycles. The number of hydrogen-bond acceptors (Lipinski definition) is 8. The zero-order chi connectivity index (χ0) is 21.0. The van der Waals surface area contributed by atoms with Gasteiger partial charge in [-0.2, -0.15) is 9.29 Å². The van der Waals surface area contributed by atoms with E-state index in [9.17, 15) is 13.2 Å². The maximum absolute atomic E-state index is 12.3. The average Bonchev–Trinajstić information content (AvgIpc) is 3.15. The van der Waals surface area contributed by atoms with Crippen LogP contribution in [0.15, 0.2) is 28.9 Å². The lowest BCUT2D eigenvalue weighted by Gasteiger charge is -2.35. The van der Waals surface area contributed by atoms with E-state index in [2.05, 4.69) is 15.6 Å². The van der Waals surface area contributed by atoms with Crippen LogP contribution in [0.1, 0.15) is 10.5 Å². The van der Waals surface area contributed by atoms with Crippen molar-refractivity contribution in [3.63, 3.8) is 0 Å². The number of nitrogens with two attached hydrogens (primary N) is 1. The summed E-state index contributed by atoms with van der Waals surface area (Å²) in [7, 11) is -1.55. The number of oxazole rings is 1. The number of amides is 1. The fraction of sp³-hybridized carbons (Fsp3) is 0.412. The molecule has 10 nitrogen and oxygen atoms in total. The summed E-state index contributed by atoms with van der Waals surface area (Å²) in [4.78, 5) is 18.1. The maximum Gasteiger partial charge on any atom is 0.292 e. The molecule has 0 saturated carbocycles. The Morgan fingerprint density at radius 2 is 2.03 bits per heavy atom. The quantitative estimate of drug-likeness (QED) is 0.574. The van der Waals surface area contributed by atoms with Crippen molar-refractivity contribution in [1.29, 1.82) is 0 Å². The van der Waals surface area contributed by atoms with E-state index < -0.39 is 15.9 Å². The Labute approximate surface area is 174 Å². The van der Waals surface area contributed by atoms with Crippen molar-refractivity contribution in [2.45, 2.75) is 0 Å². The highest BCUT2D eigenvalue weighted by Gasteiger charge is 2.27. The fourth-order valence-electron chi connectivity index (χ4n) is 2.97. The highest BCUT2D eigenvalue weighted by atomic mass is 35.5. The number of carbonyl (C=O) groups is 1. The van der Waals surface area contributed by atoms with Crippen molar-refractivity contribution in [3.8, 4) is 0 Å². The van der Waals surface area contributed by atoms with Gasteiger partial charge in [-0.1, -0.05) is 11.6 Å². The summed E-state index contributed by atoms with van der Waals surface area (Å²) in [6.07, 6.45) is 1.16. The summed E-state index contributed by atoms with van der Waals surface area (Å²) in [5.74, 6) is -0.419. The van der Waals surface area contributed by atoms with Gasteiger partial charge in [-0.3, -0.25) is 4.79 Å². The number of sulfonamides is 1. The molecule has 0 aliphatic carbocycles. The molecule has 1 aromatic heterocycles. The first-order chi connectivity index (χ1) is 13.8. The predicted molar refractivity (Wildman–Crippen MR) is 112 cm³/mol. The van der Waals surface area contributed by atoms with Crippen molar-refractivity contribution in [2.24, 2.45) is 0 Å². The number of aromatic nitrogens is 1. The number of nitrogen functional groups attached to an aromatic ring is 1. The van der Waals surface area contributed by atoms with Crippen LogP contribution in [-0.4, -0.2) is 69.1 Å². The zero-order valence-corrected chi connectivity index (χ0v) is 17.5. The molecule has 1 aliphatic rings. The van der Waals surface area contributed by atoms with Crippen LogP contribution in [0.5, 0.6) is 0 Å². The summed E-state index contributed by atoms with van der Waals surface area (Å²) in [6.45, 7) is 2.28. The molecule has 1 aromatic carbocycles. The van der Waals surface area contributed by atoms with E-state index >= 15 is 0 Å². The Morgan fingerprint density at radius 3 is 2.66 bits per heavy atom. The fourth-order valence-corrected chi connectivity index (χ4v) is 4.57. The van der Waals surface area contributed by atoms with Crippen LogP contribution < -0.4 is 21.3 Å². The van der Waals surface area contributed by atoms with Gasteiger partial charge in [-0.05, 0) is 25.2 Å². The summed E-state index contributed by atoms with van der Waals surface area (Å²) in [5.41, 5.74) is 6.68. The Kier molecular flexibility index (Phi) is 6.63. The van der Waals surface area contributed by atoms with Gasteiger partial charge in [0.25, 0.3) is 11.9 Å². The van der Waals surface area contributed by atoms with Gasteiger partial charge in [0.2, 0.25) is 10.0 Å². The number of hydrogen-bond donors (Lipinski definition) is 3. The molecule has 2 aromatic rings. The van der Waals surface area contributed by atoms with Gasteiger partial charge >= 0.3 is 0 Å². The standard InChI is InChI=1S/C17H23ClN6O4S/c1-20-4-9-29(26,27)24-7-5-23(6-8-24)12-2-3-13(18)14(10-12)21-16(25)15-11-28-17(19)22-15/h2-3,10-11,20H,4-9H2,1H3,(H2,19,22)(H,21,25). The Balaban J connectivity index is 1.66. The van der Waals surface area contributed by atoms with Crippen LogP contribution in [0.4, 0.5) is 17.4 Å². The number of benzene rings is 1. The first kappa shape index (κ1) is 21.4. The van der Waals surface area contributed by atoms with E-state index in [1.807, 2.05) is 11.0 Å². The van der Waals surface area contributed by atoms with Crippen LogP contribution in [0.3, 0.4) is 0 Å². The molecule has 29 heavy (non-hydrogen) atoms. The van der Waals surface area contributed by atoms with Crippen LogP contribution in [0, 0.1) is 0 Å². The Morgan fingerprint density at radius 1 is 1.31 bits per heavy atom. The second-order valence-electron chi connectivity index (χ2n) is 6.49. The monoisotopic (exact) mass is 442 g/mol. The van der Waals surface area contributed by atoms with E-state index in [0.717, 1.165) is 12.0 Å². The molecular weight excluding hydrogens is 420 g/mol. The lowest BCUT2D eigenvalue weighted by Crippen LogP contribution is -2.50. The predicted octanol–water partition coefficient (Wildman–Crippen LogP) is 0.834. The molecule has 0 bridgehead atoms. The van der Waals surface area contributed by atoms with Crippen LogP contribution in [0.25, 0.3) is 0 Å². The number of anilines is 3. The number of nitrogens with one attached hydrogen (secondary N) is 2. The van der Waals surface area contributed by atoms with E-state index in [0.29, 0.717) is 43.4 Å². The maximum atomic E-state index is 12.3. The smallest absolute Gasteiger partial charge is 0.292 e. The van der Waals surface area contributed by atoms with Crippen molar-refractivity contribution < 1.29 is 17.6 Å². The number of rotatable bonds is 7. The third kappa shape index (κ3) is 5.18. The number of carbonyl (C=O) groups excluding carboxylic acids is 1. The van der Waals surface area contributed by atoms with E-state index in [4.69, 9.17) is 21.8 Å². The third-order valence-corrected chi connectivity index (χ3v) is 6.76. The lowest BCUT2D eigenvalue weighted by atomic mass is 10.2. The second-order valence-corrected chi connectivity index (χ2v) is 8.99. The highest BCUT2D eigenvalue weighted by Crippen LogP contribution is 2.29. The summed E-state index contributed by atoms with van der Waals surface area (Å²) >= 11 is 6.21. The number of halogens is 1. The molecule has 0 unspecified atom stereocenters. The first-order valence-corrected chi connectivity index (χ1v) is 11.0. The molecule has 1 amide bonds. The van der Waals surface area contributed by atoms with Gasteiger partial charge in [0, 0.05) is 38.4 Å². The van der Waals surface area contributed by atoms with Crippen LogP contribution in [0.2, 0.25) is 5.02 Å². The molecule has 1 aliphatic heterocycles. The van der Waals surface area contributed by atoms with Crippen molar-refractivity contribution >= 4 is 44.9 Å². The average molecular weight is 443 g/mol. The summed E-state index contributed by atoms with van der Waals surface area (Å²) < 4.78 is 31.0. The second kappa shape index (κ2) is 8.99. The molecule has 3 rings (SSSR count). The molecular formula is C17H23ClN6O4S. The van der Waals surface area contributed by atoms with Crippen molar-refractivity contribution in [2.75, 3.05) is 61.5 Å². The molecule has 0 atom stereocenters. The normalized spacial score (nSPS) is 15.4. The van der Waals surface area contributed by atoms with Gasteiger partial charge in [0.1, 0.15) is 6.26 Å². The van der Waals surface area contributed by atoms with E-state index in [-0.39, 0.29) is 17.5 Å². The SMILES string of the molecule is CNCCS(=O)(=O)N1CCN(c2ccc(Cl)c(NC(=O)c3coc(N)n3)c2)CC1. The molecule has 0 spiro atoms. The van der Waals surface area contributed by atoms with Gasteiger partial charge in [0.15, 0.2) is 5.69 Å². The van der Waals surface area contributed by atoms with Crippen molar-refractivity contribution in [3.05, 3.63) is 35.2 Å². The molecule has 4 N–H and O–H groups in total. The Hall–Kier alpha value is -2.34. The molecule has 2 heterocycles. The minimum absolute atomic E-state index is 0.0457. The van der Waals surface area contributed by atoms with Gasteiger partial charge in [-0.25, -0.2) is 8.42 Å². The lowest BCUT2D eigenvalue weighted by molar-refractivity contribution is 0.102. The largest absolute Gasteiger partial charge is 0.431 e.